The fraction of sp³-hybridized carbons (Fsp3) is 0.923. The topological polar surface area (TPSA) is 52.3 Å². The molecular formula is C13H25NO2. The zero-order valence-corrected chi connectivity index (χ0v) is 10.6. The molecule has 0 bridgehead atoms. The average Bonchev–Trinajstić information content (AvgIpc) is 3.04. The van der Waals surface area contributed by atoms with Crippen molar-refractivity contribution in [2.45, 2.75) is 46.0 Å². The first-order valence-corrected chi connectivity index (χ1v) is 6.49. The van der Waals surface area contributed by atoms with E-state index in [1.165, 1.54) is 12.8 Å². The van der Waals surface area contributed by atoms with Gasteiger partial charge < -0.3 is 10.5 Å². The predicted octanol–water partition coefficient (Wildman–Crippen LogP) is 2.34. The fourth-order valence-electron chi connectivity index (χ4n) is 1.90. The molecule has 0 spiro atoms. The lowest BCUT2D eigenvalue weighted by Crippen LogP contribution is -2.17. The number of ether oxygens (including phenoxy) is 1. The van der Waals surface area contributed by atoms with E-state index in [0.29, 0.717) is 37.3 Å². The van der Waals surface area contributed by atoms with Crippen molar-refractivity contribution in [1.82, 2.24) is 0 Å². The van der Waals surface area contributed by atoms with Gasteiger partial charge in [0, 0.05) is 6.42 Å². The SMILES string of the molecule is CC(C)C(CCN)CCC(=O)OCC1CC1. The largest absolute Gasteiger partial charge is 0.465 e. The van der Waals surface area contributed by atoms with Crippen LogP contribution >= 0.6 is 0 Å². The molecule has 1 unspecified atom stereocenters. The summed E-state index contributed by atoms with van der Waals surface area (Å²) < 4.78 is 5.20. The molecule has 3 heteroatoms. The van der Waals surface area contributed by atoms with Gasteiger partial charge in [-0.15, -0.1) is 0 Å². The van der Waals surface area contributed by atoms with Crippen LogP contribution in [0.5, 0.6) is 0 Å². The summed E-state index contributed by atoms with van der Waals surface area (Å²) in [6.07, 6.45) is 4.94. The maximum atomic E-state index is 11.5. The van der Waals surface area contributed by atoms with Crippen LogP contribution in [0.15, 0.2) is 0 Å². The zero-order chi connectivity index (χ0) is 12.0. The van der Waals surface area contributed by atoms with E-state index in [2.05, 4.69) is 13.8 Å². The number of hydrogen-bond acceptors (Lipinski definition) is 3. The lowest BCUT2D eigenvalue weighted by molar-refractivity contribution is -0.144. The third-order valence-corrected chi connectivity index (χ3v) is 3.38. The number of rotatable bonds is 8. The summed E-state index contributed by atoms with van der Waals surface area (Å²) in [7, 11) is 0. The fourth-order valence-corrected chi connectivity index (χ4v) is 1.90. The van der Waals surface area contributed by atoms with Crippen LogP contribution in [-0.4, -0.2) is 19.1 Å². The quantitative estimate of drug-likeness (QED) is 0.648. The molecule has 0 aromatic rings. The Morgan fingerprint density at radius 3 is 2.56 bits per heavy atom. The maximum absolute atomic E-state index is 11.5. The molecular weight excluding hydrogens is 202 g/mol. The van der Waals surface area contributed by atoms with Gasteiger partial charge in [0.1, 0.15) is 0 Å². The Kier molecular flexibility index (Phi) is 5.81. The molecule has 0 aromatic heterocycles. The second kappa shape index (κ2) is 6.89. The Morgan fingerprint density at radius 1 is 1.38 bits per heavy atom. The molecule has 1 saturated carbocycles. The molecule has 16 heavy (non-hydrogen) atoms. The first-order chi connectivity index (χ1) is 7.63. The van der Waals surface area contributed by atoms with Crippen LogP contribution in [0.3, 0.4) is 0 Å². The molecule has 0 amide bonds. The molecule has 2 N–H and O–H groups in total. The van der Waals surface area contributed by atoms with Crippen molar-refractivity contribution in [3.8, 4) is 0 Å². The minimum atomic E-state index is -0.0328. The summed E-state index contributed by atoms with van der Waals surface area (Å²) in [5, 5.41) is 0. The number of nitrogens with two attached hydrogens (primary N) is 1. The molecule has 1 aliphatic carbocycles. The maximum Gasteiger partial charge on any atom is 0.305 e. The second-order valence-corrected chi connectivity index (χ2v) is 5.25. The van der Waals surface area contributed by atoms with Crippen LogP contribution in [0.2, 0.25) is 0 Å². The van der Waals surface area contributed by atoms with Gasteiger partial charge in [-0.05, 0) is 50.0 Å². The van der Waals surface area contributed by atoms with Crippen LogP contribution in [-0.2, 0) is 9.53 Å². The summed E-state index contributed by atoms with van der Waals surface area (Å²) in [5.41, 5.74) is 5.56. The van der Waals surface area contributed by atoms with Gasteiger partial charge in [0.05, 0.1) is 6.61 Å². The monoisotopic (exact) mass is 227 g/mol. The van der Waals surface area contributed by atoms with E-state index in [-0.39, 0.29) is 5.97 Å². The molecule has 0 radical (unpaired) electrons. The summed E-state index contributed by atoms with van der Waals surface area (Å²) >= 11 is 0. The van der Waals surface area contributed by atoms with E-state index in [9.17, 15) is 4.79 Å². The van der Waals surface area contributed by atoms with Crippen LogP contribution < -0.4 is 5.73 Å². The van der Waals surface area contributed by atoms with Gasteiger partial charge in [-0.25, -0.2) is 0 Å². The standard InChI is InChI=1S/C13H25NO2/c1-10(2)12(7-8-14)5-6-13(15)16-9-11-3-4-11/h10-12H,3-9,14H2,1-2H3. The molecule has 1 atom stereocenters. The Morgan fingerprint density at radius 2 is 2.06 bits per heavy atom. The van der Waals surface area contributed by atoms with Crippen molar-refractivity contribution < 1.29 is 9.53 Å². The van der Waals surface area contributed by atoms with Crippen LogP contribution in [0, 0.1) is 17.8 Å². The second-order valence-electron chi connectivity index (χ2n) is 5.25. The number of carbonyl (C=O) groups excluding carboxylic acids is 1. The molecule has 1 aliphatic rings. The van der Waals surface area contributed by atoms with Gasteiger partial charge in [-0.3, -0.25) is 4.79 Å². The van der Waals surface area contributed by atoms with Crippen molar-refractivity contribution in [3.05, 3.63) is 0 Å². The minimum Gasteiger partial charge on any atom is -0.465 e. The number of carbonyl (C=O) groups is 1. The number of esters is 1. The highest BCUT2D eigenvalue weighted by Gasteiger charge is 2.23. The van der Waals surface area contributed by atoms with Crippen molar-refractivity contribution in [3.63, 3.8) is 0 Å². The lowest BCUT2D eigenvalue weighted by Gasteiger charge is -2.19. The molecule has 0 heterocycles. The van der Waals surface area contributed by atoms with Crippen molar-refractivity contribution in [2.75, 3.05) is 13.2 Å². The van der Waals surface area contributed by atoms with Crippen LogP contribution in [0.25, 0.3) is 0 Å². The normalized spacial score (nSPS) is 17.5. The van der Waals surface area contributed by atoms with Crippen LogP contribution in [0.1, 0.15) is 46.0 Å². The summed E-state index contributed by atoms with van der Waals surface area (Å²) in [5.74, 6) is 1.78. The molecule has 1 rings (SSSR count). The van der Waals surface area contributed by atoms with Crippen molar-refractivity contribution in [1.29, 1.82) is 0 Å². The smallest absolute Gasteiger partial charge is 0.305 e. The average molecular weight is 227 g/mol. The van der Waals surface area contributed by atoms with Gasteiger partial charge in [0.2, 0.25) is 0 Å². The predicted molar refractivity (Wildman–Crippen MR) is 64.9 cm³/mol. The van der Waals surface area contributed by atoms with Crippen molar-refractivity contribution >= 4 is 5.97 Å². The summed E-state index contributed by atoms with van der Waals surface area (Å²) in [6.45, 7) is 5.73. The van der Waals surface area contributed by atoms with Crippen LogP contribution in [0.4, 0.5) is 0 Å². The van der Waals surface area contributed by atoms with Crippen molar-refractivity contribution in [2.24, 2.45) is 23.5 Å². The Labute approximate surface area is 98.7 Å². The molecule has 1 fully saturated rings. The lowest BCUT2D eigenvalue weighted by atomic mass is 9.88. The number of hydrogen-bond donors (Lipinski definition) is 1. The van der Waals surface area contributed by atoms with Gasteiger partial charge in [-0.2, -0.15) is 0 Å². The minimum absolute atomic E-state index is 0.0328. The van der Waals surface area contributed by atoms with E-state index in [4.69, 9.17) is 10.5 Å². The molecule has 94 valence electrons. The highest BCUT2D eigenvalue weighted by Crippen LogP contribution is 2.29. The molecule has 0 saturated heterocycles. The van der Waals surface area contributed by atoms with E-state index in [1.54, 1.807) is 0 Å². The Balaban J connectivity index is 2.11. The van der Waals surface area contributed by atoms with E-state index in [1.807, 2.05) is 0 Å². The van der Waals surface area contributed by atoms with Gasteiger partial charge in [0.25, 0.3) is 0 Å². The highest BCUT2D eigenvalue weighted by atomic mass is 16.5. The zero-order valence-electron chi connectivity index (χ0n) is 10.6. The first kappa shape index (κ1) is 13.5. The Hall–Kier alpha value is -0.570. The third kappa shape index (κ3) is 5.50. The van der Waals surface area contributed by atoms with Gasteiger partial charge in [-0.1, -0.05) is 13.8 Å². The van der Waals surface area contributed by atoms with E-state index in [0.717, 1.165) is 12.8 Å². The molecule has 3 nitrogen and oxygen atoms in total. The molecule has 0 aliphatic heterocycles. The van der Waals surface area contributed by atoms with E-state index < -0.39 is 0 Å². The summed E-state index contributed by atoms with van der Waals surface area (Å²) in [4.78, 5) is 11.5. The van der Waals surface area contributed by atoms with Gasteiger partial charge in [0.15, 0.2) is 0 Å². The Bertz CT molecular complexity index is 212. The van der Waals surface area contributed by atoms with E-state index >= 15 is 0 Å². The first-order valence-electron chi connectivity index (χ1n) is 6.49. The molecule has 0 aromatic carbocycles. The third-order valence-electron chi connectivity index (χ3n) is 3.38. The highest BCUT2D eigenvalue weighted by molar-refractivity contribution is 5.69. The van der Waals surface area contributed by atoms with Gasteiger partial charge >= 0.3 is 5.97 Å². The summed E-state index contributed by atoms with van der Waals surface area (Å²) in [6, 6.07) is 0.